The molecule has 0 spiro atoms. The minimum atomic E-state index is -4.27. The van der Waals surface area contributed by atoms with Crippen LogP contribution in [0.5, 0.6) is 0 Å². The molecule has 11 heteroatoms. The van der Waals surface area contributed by atoms with Gasteiger partial charge in [-0.05, 0) is 23.8 Å². The minimum Gasteiger partial charge on any atom is -0.269 e. The van der Waals surface area contributed by atoms with Gasteiger partial charge in [-0.2, -0.15) is 0 Å². The molecule has 2 aromatic rings. The van der Waals surface area contributed by atoms with Crippen molar-refractivity contribution in [1.29, 1.82) is 0 Å². The zero-order valence-corrected chi connectivity index (χ0v) is 15.2. The summed E-state index contributed by atoms with van der Waals surface area (Å²) >= 11 is 3.28. The first-order valence-corrected chi connectivity index (χ1v) is 9.31. The quantitative estimate of drug-likeness (QED) is 0.394. The number of anilines is 1. The second-order valence-corrected chi connectivity index (χ2v) is 7.44. The van der Waals surface area contributed by atoms with Gasteiger partial charge in [-0.15, -0.1) is 0 Å². The molecule has 0 aliphatic carbocycles. The van der Waals surface area contributed by atoms with Crippen molar-refractivity contribution in [1.82, 2.24) is 0 Å². The molecule has 0 aromatic heterocycles. The fourth-order valence-electron chi connectivity index (χ4n) is 2.06. The Kier molecular flexibility index (Phi) is 5.38. The van der Waals surface area contributed by atoms with Crippen molar-refractivity contribution in [2.24, 2.45) is 0 Å². The summed E-state index contributed by atoms with van der Waals surface area (Å²) in [5.74, 6) is 0. The van der Waals surface area contributed by atoms with Crippen LogP contribution in [0.15, 0.2) is 47.4 Å². The van der Waals surface area contributed by atoms with Crippen molar-refractivity contribution in [3.63, 3.8) is 0 Å². The molecule has 0 radical (unpaired) electrons. The number of nitrogens with zero attached hydrogens (tertiary/aromatic N) is 3. The third-order valence-electron chi connectivity index (χ3n) is 3.44. The third-order valence-corrected chi connectivity index (χ3v) is 5.92. The number of non-ortho nitro benzene ring substituents is 1. The van der Waals surface area contributed by atoms with Gasteiger partial charge in [-0.1, -0.05) is 28.1 Å². The number of rotatable bonds is 6. The van der Waals surface area contributed by atoms with E-state index in [1.165, 1.54) is 7.05 Å². The van der Waals surface area contributed by atoms with Crippen LogP contribution in [0.25, 0.3) is 0 Å². The van der Waals surface area contributed by atoms with Gasteiger partial charge in [0.05, 0.1) is 21.6 Å². The molecule has 0 aliphatic rings. The third kappa shape index (κ3) is 3.77. The number of halogens is 1. The molecular weight excluding hydrogens is 418 g/mol. The van der Waals surface area contributed by atoms with E-state index in [4.69, 9.17) is 0 Å². The van der Waals surface area contributed by atoms with Gasteiger partial charge in [-0.25, -0.2) is 8.42 Å². The second-order valence-electron chi connectivity index (χ2n) is 4.94. The largest absolute Gasteiger partial charge is 0.296 e. The van der Waals surface area contributed by atoms with Gasteiger partial charge in [0.25, 0.3) is 21.4 Å². The Morgan fingerprint density at radius 2 is 1.64 bits per heavy atom. The van der Waals surface area contributed by atoms with Crippen molar-refractivity contribution in [2.45, 2.75) is 10.2 Å². The fraction of sp³-hybridized carbons (Fsp3) is 0.143. The molecule has 0 aliphatic heterocycles. The topological polar surface area (TPSA) is 124 Å². The van der Waals surface area contributed by atoms with E-state index in [1.54, 1.807) is 24.3 Å². The summed E-state index contributed by atoms with van der Waals surface area (Å²) in [7, 11) is -3.02. The lowest BCUT2D eigenvalue weighted by molar-refractivity contribution is -0.396. The Morgan fingerprint density at radius 1 is 1.04 bits per heavy atom. The summed E-state index contributed by atoms with van der Waals surface area (Å²) in [4.78, 5) is 19.6. The van der Waals surface area contributed by atoms with Crippen LogP contribution in [0.3, 0.4) is 0 Å². The summed E-state index contributed by atoms with van der Waals surface area (Å²) in [6, 6.07) is 8.96. The summed E-state index contributed by atoms with van der Waals surface area (Å²) in [5, 5.41) is 22.5. The number of hydrogen-bond donors (Lipinski definition) is 0. The smallest absolute Gasteiger partial charge is 0.269 e. The van der Waals surface area contributed by atoms with Crippen LogP contribution >= 0.6 is 15.9 Å². The van der Waals surface area contributed by atoms with Crippen molar-refractivity contribution in [3.05, 3.63) is 68.3 Å². The summed E-state index contributed by atoms with van der Waals surface area (Å²) in [5.41, 5.74) is -0.179. The van der Waals surface area contributed by atoms with Crippen LogP contribution in [-0.2, 0) is 15.4 Å². The molecule has 9 nitrogen and oxygen atoms in total. The average molecular weight is 430 g/mol. The maximum atomic E-state index is 12.7. The van der Waals surface area contributed by atoms with E-state index in [1.807, 2.05) is 0 Å². The van der Waals surface area contributed by atoms with E-state index in [9.17, 15) is 28.6 Å². The van der Waals surface area contributed by atoms with Crippen LogP contribution in [0.2, 0.25) is 0 Å². The van der Waals surface area contributed by atoms with Gasteiger partial charge in [0.15, 0.2) is 4.90 Å². The van der Waals surface area contributed by atoms with Crippen molar-refractivity contribution < 1.29 is 18.3 Å². The molecule has 0 N–H and O–H groups in total. The van der Waals surface area contributed by atoms with Crippen LogP contribution in [0, 0.1) is 20.2 Å². The lowest BCUT2D eigenvalue weighted by Gasteiger charge is -2.19. The minimum absolute atomic E-state index is 0.303. The van der Waals surface area contributed by atoms with E-state index < -0.39 is 36.1 Å². The van der Waals surface area contributed by atoms with Gasteiger partial charge < -0.3 is 0 Å². The first-order chi connectivity index (χ1) is 11.7. The normalized spacial score (nSPS) is 11.1. The van der Waals surface area contributed by atoms with Crippen molar-refractivity contribution in [3.8, 4) is 0 Å². The Balaban J connectivity index is 2.54. The second kappa shape index (κ2) is 7.15. The maximum Gasteiger partial charge on any atom is 0.296 e. The van der Waals surface area contributed by atoms with E-state index in [-0.39, 0.29) is 0 Å². The molecule has 0 atom stereocenters. The van der Waals surface area contributed by atoms with E-state index in [0.29, 0.717) is 17.1 Å². The van der Waals surface area contributed by atoms with Gasteiger partial charge in [0.2, 0.25) is 0 Å². The SMILES string of the molecule is CN(c1ccc(CBr)cc1)S(=O)(=O)c1ccc([N+](=O)[O-])cc1[N+](=O)[O-]. The van der Waals surface area contributed by atoms with Crippen molar-refractivity contribution in [2.75, 3.05) is 11.4 Å². The van der Waals surface area contributed by atoms with Gasteiger partial charge >= 0.3 is 0 Å². The number of alkyl halides is 1. The molecule has 0 amide bonds. The molecule has 0 saturated carbocycles. The number of hydrogen-bond acceptors (Lipinski definition) is 6. The van der Waals surface area contributed by atoms with Crippen LogP contribution in [0.1, 0.15) is 5.56 Å². The first-order valence-electron chi connectivity index (χ1n) is 6.75. The standard InChI is InChI=1S/C14H12BrN3O6S/c1-16(11-4-2-10(9-15)3-5-11)25(23,24)14-7-6-12(17(19)20)8-13(14)18(21)22/h2-8H,9H2,1H3. The number of sulfonamides is 1. The van der Waals surface area contributed by atoms with Crippen LogP contribution < -0.4 is 4.31 Å². The Morgan fingerprint density at radius 3 is 2.12 bits per heavy atom. The van der Waals surface area contributed by atoms with Gasteiger partial charge in [-0.3, -0.25) is 24.5 Å². The molecule has 2 aromatic carbocycles. The highest BCUT2D eigenvalue weighted by atomic mass is 79.9. The van der Waals surface area contributed by atoms with E-state index >= 15 is 0 Å². The lowest BCUT2D eigenvalue weighted by Crippen LogP contribution is -2.27. The molecule has 0 fully saturated rings. The zero-order chi connectivity index (χ0) is 18.8. The lowest BCUT2D eigenvalue weighted by atomic mass is 10.2. The molecule has 132 valence electrons. The number of benzene rings is 2. The van der Waals surface area contributed by atoms with Crippen molar-refractivity contribution >= 4 is 43.0 Å². The predicted molar refractivity (Wildman–Crippen MR) is 94.4 cm³/mol. The van der Waals surface area contributed by atoms with Gasteiger partial charge in [0, 0.05) is 18.4 Å². The predicted octanol–water partition coefficient (Wildman–Crippen LogP) is 3.22. The van der Waals surface area contributed by atoms with E-state index in [0.717, 1.165) is 22.0 Å². The molecule has 0 heterocycles. The molecule has 25 heavy (non-hydrogen) atoms. The highest BCUT2D eigenvalue weighted by molar-refractivity contribution is 9.08. The van der Waals surface area contributed by atoms with E-state index in [2.05, 4.69) is 15.9 Å². The monoisotopic (exact) mass is 429 g/mol. The fourth-order valence-corrected chi connectivity index (χ4v) is 3.77. The highest BCUT2D eigenvalue weighted by Crippen LogP contribution is 2.32. The molecule has 0 saturated heterocycles. The molecule has 0 bridgehead atoms. The summed E-state index contributed by atoms with van der Waals surface area (Å²) < 4.78 is 26.4. The number of nitro groups is 2. The Labute approximate surface area is 151 Å². The van der Waals surface area contributed by atoms with Crippen LogP contribution in [0.4, 0.5) is 17.1 Å². The zero-order valence-electron chi connectivity index (χ0n) is 12.8. The highest BCUT2D eigenvalue weighted by Gasteiger charge is 2.31. The van der Waals surface area contributed by atoms with Crippen LogP contribution in [-0.4, -0.2) is 25.3 Å². The molecular formula is C14H12BrN3O6S. The summed E-state index contributed by atoms with van der Waals surface area (Å²) in [6.45, 7) is 0. The molecule has 0 unspecified atom stereocenters. The first kappa shape index (κ1) is 18.8. The average Bonchev–Trinajstić information content (AvgIpc) is 2.60. The number of nitro benzene ring substituents is 2. The Hall–Kier alpha value is -2.53. The maximum absolute atomic E-state index is 12.7. The summed E-state index contributed by atoms with van der Waals surface area (Å²) in [6.07, 6.45) is 0. The molecule has 2 rings (SSSR count). The Bertz CT molecular complexity index is 930. The van der Waals surface area contributed by atoms with Gasteiger partial charge in [0.1, 0.15) is 0 Å².